The van der Waals surface area contributed by atoms with Crippen LogP contribution in [0.25, 0.3) is 23.1 Å². The average Bonchev–Trinajstić information content (AvgIpc) is 3.24. The van der Waals surface area contributed by atoms with Crippen molar-refractivity contribution in [3.63, 3.8) is 0 Å². The first-order valence-corrected chi connectivity index (χ1v) is 9.70. The summed E-state index contributed by atoms with van der Waals surface area (Å²) in [4.78, 5) is 7.77. The van der Waals surface area contributed by atoms with E-state index in [9.17, 15) is 5.26 Å². The topological polar surface area (TPSA) is 64.5 Å². The molecule has 4 rings (SSSR count). The van der Waals surface area contributed by atoms with E-state index >= 15 is 0 Å². The number of anilines is 2. The van der Waals surface area contributed by atoms with Gasteiger partial charge in [-0.2, -0.15) is 5.26 Å². The second-order valence-electron chi connectivity index (χ2n) is 6.92. The molecule has 0 aliphatic rings. The minimum atomic E-state index is 0.531. The zero-order valence-corrected chi connectivity index (χ0v) is 16.5. The number of benzene rings is 2. The molecule has 0 saturated heterocycles. The van der Waals surface area contributed by atoms with E-state index in [1.54, 1.807) is 6.20 Å². The third kappa shape index (κ3) is 3.63. The number of aromatic nitrogens is 2. The first-order chi connectivity index (χ1) is 14.2. The lowest BCUT2D eigenvalue weighted by Crippen LogP contribution is -2.03. The molecular formula is C25H22N4. The molecule has 4 heteroatoms. The Labute approximate surface area is 170 Å². The normalized spacial score (nSPS) is 11.1. The van der Waals surface area contributed by atoms with Crippen LogP contribution < -0.4 is 5.32 Å². The van der Waals surface area contributed by atoms with Crippen LogP contribution in [0.3, 0.4) is 0 Å². The highest BCUT2D eigenvalue weighted by molar-refractivity contribution is 5.90. The van der Waals surface area contributed by atoms with Crippen LogP contribution in [0.15, 0.2) is 60.9 Å². The van der Waals surface area contributed by atoms with Gasteiger partial charge in [0, 0.05) is 40.2 Å². The summed E-state index contributed by atoms with van der Waals surface area (Å²) in [5.74, 6) is 0. The molecule has 0 radical (unpaired) electrons. The lowest BCUT2D eigenvalue weighted by atomic mass is 10.0. The molecule has 2 aromatic carbocycles. The van der Waals surface area contributed by atoms with Crippen molar-refractivity contribution in [3.8, 4) is 6.07 Å². The van der Waals surface area contributed by atoms with Crippen molar-refractivity contribution in [1.82, 2.24) is 9.97 Å². The van der Waals surface area contributed by atoms with Gasteiger partial charge in [-0.1, -0.05) is 49.4 Å². The Balaban J connectivity index is 1.83. The van der Waals surface area contributed by atoms with E-state index in [1.165, 1.54) is 5.39 Å². The Morgan fingerprint density at radius 1 is 1.10 bits per heavy atom. The number of nitrogens with one attached hydrogen (secondary N) is 2. The monoisotopic (exact) mass is 378 g/mol. The first-order valence-electron chi connectivity index (χ1n) is 9.70. The van der Waals surface area contributed by atoms with Gasteiger partial charge in [0.25, 0.3) is 0 Å². The summed E-state index contributed by atoms with van der Waals surface area (Å²) in [6, 6.07) is 18.6. The number of pyridine rings is 1. The van der Waals surface area contributed by atoms with E-state index in [1.807, 2.05) is 30.5 Å². The highest BCUT2D eigenvalue weighted by Gasteiger charge is 2.14. The minimum Gasteiger partial charge on any atom is -0.361 e. The Morgan fingerprint density at radius 2 is 1.93 bits per heavy atom. The largest absolute Gasteiger partial charge is 0.361 e. The molecule has 0 aliphatic heterocycles. The molecule has 0 aliphatic carbocycles. The maximum Gasteiger partial charge on any atom is 0.103 e. The summed E-state index contributed by atoms with van der Waals surface area (Å²) in [6.45, 7) is 4.17. The number of hydrogen-bond acceptors (Lipinski definition) is 3. The molecule has 4 nitrogen and oxygen atoms in total. The van der Waals surface area contributed by atoms with Crippen molar-refractivity contribution >= 4 is 34.4 Å². The number of nitrogens with zero attached hydrogens (tertiary/aromatic N) is 2. The fourth-order valence-electron chi connectivity index (χ4n) is 3.54. The lowest BCUT2D eigenvalue weighted by molar-refractivity contribution is 1.03. The molecule has 4 aromatic rings. The number of hydrogen-bond donors (Lipinski definition) is 2. The summed E-state index contributed by atoms with van der Waals surface area (Å²) in [5, 5.41) is 14.4. The summed E-state index contributed by atoms with van der Waals surface area (Å²) in [5.41, 5.74) is 7.56. The van der Waals surface area contributed by atoms with Gasteiger partial charge in [-0.15, -0.1) is 0 Å². The fraction of sp³-hybridized carbons (Fsp3) is 0.120. The third-order valence-corrected chi connectivity index (χ3v) is 5.16. The molecule has 142 valence electrons. The molecule has 2 aromatic heterocycles. The van der Waals surface area contributed by atoms with Crippen molar-refractivity contribution in [3.05, 3.63) is 88.9 Å². The van der Waals surface area contributed by atoms with E-state index in [-0.39, 0.29) is 0 Å². The molecule has 2 heterocycles. The van der Waals surface area contributed by atoms with Crippen molar-refractivity contribution in [1.29, 1.82) is 5.26 Å². The van der Waals surface area contributed by atoms with Crippen molar-refractivity contribution in [2.45, 2.75) is 20.3 Å². The molecule has 0 amide bonds. The molecule has 0 bridgehead atoms. The highest BCUT2D eigenvalue weighted by Crippen LogP contribution is 2.32. The zero-order valence-electron chi connectivity index (χ0n) is 16.5. The Kier molecular flexibility index (Phi) is 5.13. The lowest BCUT2D eigenvalue weighted by Gasteiger charge is -2.16. The maximum atomic E-state index is 9.72. The number of rotatable bonds is 5. The van der Waals surface area contributed by atoms with Crippen LogP contribution in [0.2, 0.25) is 0 Å². The Bertz CT molecular complexity index is 1230. The van der Waals surface area contributed by atoms with Crippen molar-refractivity contribution in [2.24, 2.45) is 0 Å². The Morgan fingerprint density at radius 3 is 2.69 bits per heavy atom. The summed E-state index contributed by atoms with van der Waals surface area (Å²) < 4.78 is 0. The van der Waals surface area contributed by atoms with Crippen LogP contribution in [0, 0.1) is 18.3 Å². The number of H-pyrrole nitrogens is 1. The first kappa shape index (κ1) is 18.5. The molecule has 0 saturated carbocycles. The quantitative estimate of drug-likeness (QED) is 0.433. The summed E-state index contributed by atoms with van der Waals surface area (Å²) >= 11 is 0. The Hall–Kier alpha value is -3.84. The second kappa shape index (κ2) is 8.04. The maximum absolute atomic E-state index is 9.72. The molecule has 0 fully saturated rings. The van der Waals surface area contributed by atoms with Crippen LogP contribution in [0.1, 0.15) is 34.9 Å². The van der Waals surface area contributed by atoms with Crippen LogP contribution in [0.4, 0.5) is 11.4 Å². The van der Waals surface area contributed by atoms with Crippen molar-refractivity contribution in [2.75, 3.05) is 5.32 Å². The van der Waals surface area contributed by atoms with Gasteiger partial charge in [0.1, 0.15) is 6.07 Å². The van der Waals surface area contributed by atoms with Gasteiger partial charge in [0.2, 0.25) is 0 Å². The van der Waals surface area contributed by atoms with E-state index in [0.717, 1.165) is 45.7 Å². The van der Waals surface area contributed by atoms with Crippen molar-refractivity contribution < 1.29 is 0 Å². The number of fused-ring (bicyclic) bond motifs is 1. The third-order valence-electron chi connectivity index (χ3n) is 5.16. The van der Waals surface area contributed by atoms with Crippen LogP contribution in [-0.2, 0) is 6.42 Å². The van der Waals surface area contributed by atoms with Gasteiger partial charge in [0.05, 0.1) is 11.3 Å². The second-order valence-corrected chi connectivity index (χ2v) is 6.92. The van der Waals surface area contributed by atoms with Gasteiger partial charge >= 0.3 is 0 Å². The smallest absolute Gasteiger partial charge is 0.103 e. The number of aryl methyl sites for hydroxylation is 2. The van der Waals surface area contributed by atoms with Crippen LogP contribution in [-0.4, -0.2) is 9.97 Å². The minimum absolute atomic E-state index is 0.531. The van der Waals surface area contributed by atoms with Crippen LogP contribution in [0.5, 0.6) is 0 Å². The van der Waals surface area contributed by atoms with E-state index in [0.29, 0.717) is 5.56 Å². The van der Waals surface area contributed by atoms with E-state index < -0.39 is 0 Å². The van der Waals surface area contributed by atoms with Crippen LogP contribution >= 0.6 is 0 Å². The van der Waals surface area contributed by atoms with Gasteiger partial charge in [0.15, 0.2) is 0 Å². The molecule has 0 spiro atoms. The summed E-state index contributed by atoms with van der Waals surface area (Å²) in [6.07, 6.45) is 8.49. The molecular weight excluding hydrogens is 356 g/mol. The predicted molar refractivity (Wildman–Crippen MR) is 120 cm³/mol. The molecule has 0 unspecified atom stereocenters. The van der Waals surface area contributed by atoms with Gasteiger partial charge < -0.3 is 10.3 Å². The number of nitriles is 1. The molecule has 29 heavy (non-hydrogen) atoms. The summed E-state index contributed by atoms with van der Waals surface area (Å²) in [7, 11) is 0. The average molecular weight is 378 g/mol. The fourth-order valence-corrected chi connectivity index (χ4v) is 3.54. The standard InChI is InChI=1S/C25H22N4/c1-3-22-21(10-9-18-7-5-4-6-8-18)25(19(15-26)16-28-22)29-23-11-12-24-20(17(23)2)13-14-27-24/h4-14,16,27H,3H2,1-2H3,(H,28,29)/b10-9+. The SMILES string of the molecule is CCc1ncc(C#N)c(Nc2ccc3[nH]ccc3c2C)c1/C=C/c1ccccc1. The molecule has 0 atom stereocenters. The predicted octanol–water partition coefficient (Wildman–Crippen LogP) is 6.22. The number of aromatic amines is 1. The van der Waals surface area contributed by atoms with Gasteiger partial charge in [-0.3, -0.25) is 4.98 Å². The van der Waals surface area contributed by atoms with Gasteiger partial charge in [-0.05, 0) is 42.7 Å². The van der Waals surface area contributed by atoms with E-state index in [4.69, 9.17) is 0 Å². The highest BCUT2D eigenvalue weighted by atomic mass is 14.9. The zero-order chi connectivity index (χ0) is 20.2. The molecule has 2 N–H and O–H groups in total. The van der Waals surface area contributed by atoms with E-state index in [2.05, 4.69) is 71.6 Å². The van der Waals surface area contributed by atoms with Gasteiger partial charge in [-0.25, -0.2) is 0 Å².